The summed E-state index contributed by atoms with van der Waals surface area (Å²) in [5, 5.41) is 253. The first kappa shape index (κ1) is 86.0. The first-order valence-corrected chi connectivity index (χ1v) is 33.2. The highest BCUT2D eigenvalue weighted by molar-refractivity contribution is 5.74. The monoisotopic (exact) mass is 1520 g/mol. The zero-order valence-electron chi connectivity index (χ0n) is 56.1. The number of aliphatic hydroxyl groups excluding tert-OH is 22. The second-order valence-corrected chi connectivity index (χ2v) is 26.1. The number of rotatable bonds is 30. The van der Waals surface area contributed by atoms with Gasteiger partial charge in [0, 0.05) is 20.8 Å². The Morgan fingerprint density at radius 3 is 1.17 bits per heavy atom. The highest BCUT2D eigenvalue weighted by Crippen LogP contribution is 2.39. The fourth-order valence-electron chi connectivity index (χ4n) is 13.1. The number of aliphatic hydroxyl groups is 22. The number of ether oxygens (including phenoxy) is 16. The molecule has 0 unspecified atom stereocenters. The smallest absolute Gasteiger partial charge is 0.217 e. The van der Waals surface area contributed by atoms with Gasteiger partial charge in [-0.1, -0.05) is 0 Å². The third kappa shape index (κ3) is 19.4. The van der Waals surface area contributed by atoms with Crippen molar-refractivity contribution in [2.24, 2.45) is 0 Å². The van der Waals surface area contributed by atoms with E-state index < -0.39 is 329 Å². The van der Waals surface area contributed by atoms with Crippen LogP contribution in [0.5, 0.6) is 0 Å². The Bertz CT molecular complexity index is 2680. The van der Waals surface area contributed by atoms with Crippen LogP contribution in [0, 0.1) is 0 Å². The standard InChI is InChI=1S/C58H98N4O42/c1-15-30(74)38(82)41(85)55(91-15)104-50-39(83)32(76)21(7-65)96-58(50)101-47-29(62-18(4)73)53(94-23(9-67)34(47)78)103-49-36(80)26(13-90-51-27(60-16(2)71)37(81)31(75)20(6-64)92-51)98-57(44(49)88)100-46-28(61-17(3)72)52(93-22(8-66)33(46)77)102-48-35(79)24(10-68)95-56(43(48)87)99-45-25(11-69)97-54(42(86)40(45)84)89-12-19(5-63)59-14-70/h14-15,19-58,63-69,74-88H,5-13H2,1-4H3,(H,59,70)(H,60,71)(H,61,72)(H,62,73)/t15-,19+,20+,21+,22+,23+,24+,25+,26+,27+,28+,29+,30+,31+,32-,33+,34+,35-,36-,37+,38+,39-,40+,41-,42+,43+,44+,45+,46+,47+,48-,49-,50+,51+,52-,53-,54+,55-,56-,57-,58-/m0/s1. The summed E-state index contributed by atoms with van der Waals surface area (Å²) in [7, 11) is 0. The summed E-state index contributed by atoms with van der Waals surface area (Å²) in [6.45, 7) is -4.43. The molecule has 0 aliphatic carbocycles. The summed E-state index contributed by atoms with van der Waals surface area (Å²) in [5.74, 6) is -2.79. The third-order valence-corrected chi connectivity index (χ3v) is 18.8. The lowest BCUT2D eigenvalue weighted by molar-refractivity contribution is -0.392. The van der Waals surface area contributed by atoms with Crippen LogP contribution in [0.15, 0.2) is 0 Å². The van der Waals surface area contributed by atoms with Crippen LogP contribution in [0.25, 0.3) is 0 Å². The molecule has 0 aromatic carbocycles. The normalized spacial score (nSPS) is 47.6. The average Bonchev–Trinajstić information content (AvgIpc) is 0.773. The van der Waals surface area contributed by atoms with Gasteiger partial charge >= 0.3 is 0 Å². The molecule has 26 N–H and O–H groups in total. The molecule has 8 rings (SSSR count). The molecule has 46 nitrogen and oxygen atoms in total. The molecular formula is C58H98N4O42. The second kappa shape index (κ2) is 38.3. The van der Waals surface area contributed by atoms with Crippen LogP contribution in [-0.2, 0) is 95.0 Å². The van der Waals surface area contributed by atoms with Gasteiger partial charge in [0.05, 0.1) is 71.6 Å². The van der Waals surface area contributed by atoms with E-state index >= 15 is 0 Å². The molecule has 8 heterocycles. The zero-order valence-corrected chi connectivity index (χ0v) is 56.1. The molecule has 41 atom stereocenters. The molecule has 0 aromatic rings. The van der Waals surface area contributed by atoms with Crippen LogP contribution in [-0.4, -0.2) is 447 Å². The zero-order chi connectivity index (χ0) is 76.6. The van der Waals surface area contributed by atoms with Crippen molar-refractivity contribution in [2.45, 2.75) is 279 Å². The summed E-state index contributed by atoms with van der Waals surface area (Å²) in [6.07, 6.45) is -74.4. The van der Waals surface area contributed by atoms with Crippen LogP contribution in [0.3, 0.4) is 0 Å². The molecule has 0 radical (unpaired) electrons. The maximum absolute atomic E-state index is 13.3. The molecule has 0 aromatic heterocycles. The highest BCUT2D eigenvalue weighted by Gasteiger charge is 2.60. The summed E-state index contributed by atoms with van der Waals surface area (Å²) in [5.41, 5.74) is 0. The van der Waals surface area contributed by atoms with Crippen molar-refractivity contribution in [3.63, 3.8) is 0 Å². The van der Waals surface area contributed by atoms with Gasteiger partial charge in [-0.15, -0.1) is 0 Å². The van der Waals surface area contributed by atoms with Gasteiger partial charge in [0.1, 0.15) is 189 Å². The molecule has 4 amide bonds. The lowest BCUT2D eigenvalue weighted by atomic mass is 9.93. The van der Waals surface area contributed by atoms with Gasteiger partial charge in [-0.3, -0.25) is 19.2 Å². The molecule has 0 saturated carbocycles. The predicted octanol–water partition coefficient (Wildman–Crippen LogP) is -17.9. The predicted molar refractivity (Wildman–Crippen MR) is 322 cm³/mol. The molecule has 46 heteroatoms. The van der Waals surface area contributed by atoms with E-state index in [1.165, 1.54) is 6.92 Å². The largest absolute Gasteiger partial charge is 0.394 e. The second-order valence-electron chi connectivity index (χ2n) is 26.1. The van der Waals surface area contributed by atoms with Crippen LogP contribution >= 0.6 is 0 Å². The fraction of sp³-hybridized carbons (Fsp3) is 0.931. The number of carbonyl (C=O) groups excluding carboxylic acids is 4. The Morgan fingerprint density at radius 1 is 0.337 bits per heavy atom. The molecule has 0 bridgehead atoms. The van der Waals surface area contributed by atoms with Gasteiger partial charge in [-0.05, 0) is 6.92 Å². The Kier molecular flexibility index (Phi) is 31.7. The van der Waals surface area contributed by atoms with E-state index in [2.05, 4.69) is 21.3 Å². The van der Waals surface area contributed by atoms with E-state index in [0.29, 0.717) is 0 Å². The quantitative estimate of drug-likeness (QED) is 0.0297. The third-order valence-electron chi connectivity index (χ3n) is 18.8. The van der Waals surface area contributed by atoms with E-state index in [0.717, 1.165) is 20.8 Å². The first-order chi connectivity index (χ1) is 49.3. The maximum atomic E-state index is 13.3. The van der Waals surface area contributed by atoms with E-state index in [1.807, 2.05) is 0 Å². The van der Waals surface area contributed by atoms with Gasteiger partial charge < -0.3 is 209 Å². The molecule has 8 aliphatic rings. The van der Waals surface area contributed by atoms with Crippen LogP contribution in [0.4, 0.5) is 0 Å². The van der Waals surface area contributed by atoms with E-state index in [9.17, 15) is 132 Å². The lowest BCUT2D eigenvalue weighted by Gasteiger charge is -2.51. The maximum Gasteiger partial charge on any atom is 0.217 e. The van der Waals surface area contributed by atoms with E-state index in [4.69, 9.17) is 75.8 Å². The number of hydrogen-bond donors (Lipinski definition) is 26. The molecule has 0 spiro atoms. The number of amides is 4. The van der Waals surface area contributed by atoms with Crippen molar-refractivity contribution in [3.05, 3.63) is 0 Å². The Hall–Kier alpha value is -3.64. The van der Waals surface area contributed by atoms with Crippen molar-refractivity contribution < 1.29 is 207 Å². The van der Waals surface area contributed by atoms with Crippen LogP contribution in [0.2, 0.25) is 0 Å². The topological polar surface area (TPSA) is 709 Å². The SMILES string of the molecule is CC(=O)N[C@H]1[C@H](OC[C@H]2O[C@@H](O[C@H]3[C@H](O)[C@@H](CO)O[C@@H](O[C@H]4[C@@H](O)[C@@H](CO)O[C@@H](O[C@H]5[C@H](O)[C@@H](O)[C@H](OC[C@@H](CO)NC=O)O[C@@H]5CO)[C@@H]4O)[C@@H]3NC(C)=O)[C@H](O)[C@@H](O[C@@H]3O[C@H](CO)[C@@H](O)[C@H](O[C@@H]4O[C@H](CO)[C@H](O)[C@H](O)[C@H]4O[C@@H]4O[C@@H](C)[C@@H](O)[C@@H](O)[C@@H]4O)[C@H]3NC(C)=O)[C@H]2O)O[C@H](CO)[C@@H](O)[C@@H]1O. The Balaban J connectivity index is 1.12. The van der Waals surface area contributed by atoms with Crippen molar-refractivity contribution >= 4 is 24.1 Å². The van der Waals surface area contributed by atoms with Crippen molar-refractivity contribution in [1.82, 2.24) is 21.3 Å². The highest BCUT2D eigenvalue weighted by atomic mass is 16.8. The summed E-state index contributed by atoms with van der Waals surface area (Å²) in [6, 6.07) is -6.69. The van der Waals surface area contributed by atoms with Crippen molar-refractivity contribution in [3.8, 4) is 0 Å². The molecular weight excluding hydrogens is 1420 g/mol. The molecule has 104 heavy (non-hydrogen) atoms. The first-order valence-electron chi connectivity index (χ1n) is 33.2. The number of hydrogen-bond acceptors (Lipinski definition) is 42. The minimum absolute atomic E-state index is 0.251. The molecule has 8 saturated heterocycles. The summed E-state index contributed by atoms with van der Waals surface area (Å²) in [4.78, 5) is 50.0. The van der Waals surface area contributed by atoms with Gasteiger partial charge in [0.15, 0.2) is 50.3 Å². The average molecular weight is 1520 g/mol. The van der Waals surface area contributed by atoms with Gasteiger partial charge in [0.2, 0.25) is 24.1 Å². The van der Waals surface area contributed by atoms with Crippen molar-refractivity contribution in [1.29, 1.82) is 0 Å². The molecule has 8 aliphatic heterocycles. The van der Waals surface area contributed by atoms with Crippen LogP contribution in [0.1, 0.15) is 27.7 Å². The minimum Gasteiger partial charge on any atom is -0.394 e. The summed E-state index contributed by atoms with van der Waals surface area (Å²) < 4.78 is 94.4. The number of nitrogens with one attached hydrogen (secondary N) is 4. The Morgan fingerprint density at radius 2 is 0.692 bits per heavy atom. The lowest BCUT2D eigenvalue weighted by Crippen LogP contribution is -2.71. The number of carbonyl (C=O) groups is 4. The molecule has 8 fully saturated rings. The van der Waals surface area contributed by atoms with Crippen molar-refractivity contribution in [2.75, 3.05) is 59.5 Å². The summed E-state index contributed by atoms with van der Waals surface area (Å²) >= 11 is 0. The van der Waals surface area contributed by atoms with Gasteiger partial charge in [-0.2, -0.15) is 0 Å². The fourth-order valence-corrected chi connectivity index (χ4v) is 13.1. The minimum atomic E-state index is -2.52. The van der Waals surface area contributed by atoms with E-state index in [-0.39, 0.29) is 6.41 Å². The Labute approximate surface area is 590 Å². The van der Waals surface area contributed by atoms with Crippen LogP contribution < -0.4 is 21.3 Å². The van der Waals surface area contributed by atoms with Gasteiger partial charge in [0.25, 0.3) is 0 Å². The van der Waals surface area contributed by atoms with Gasteiger partial charge in [-0.25, -0.2) is 0 Å². The molecule has 602 valence electrons. The van der Waals surface area contributed by atoms with E-state index in [1.54, 1.807) is 0 Å².